The normalized spacial score (nSPS) is 12.5. The fraction of sp³-hybridized carbons (Fsp3) is 0.222. The second kappa shape index (κ2) is 4.64. The van der Waals surface area contributed by atoms with Gasteiger partial charge in [-0.2, -0.15) is 0 Å². The van der Waals surface area contributed by atoms with E-state index in [1.807, 2.05) is 0 Å². The molecule has 0 fully saturated rings. The van der Waals surface area contributed by atoms with Gasteiger partial charge >= 0.3 is 0 Å². The third-order valence-electron chi connectivity index (χ3n) is 1.85. The van der Waals surface area contributed by atoms with E-state index >= 15 is 0 Å². The Bertz CT molecular complexity index is 334. The van der Waals surface area contributed by atoms with Gasteiger partial charge in [-0.3, -0.25) is 0 Å². The summed E-state index contributed by atoms with van der Waals surface area (Å²) in [5.74, 6) is -1.21. The third-order valence-corrected chi connectivity index (χ3v) is 2.55. The Morgan fingerprint density at radius 2 is 1.93 bits per heavy atom. The summed E-state index contributed by atoms with van der Waals surface area (Å²) in [7, 11) is 0. The van der Waals surface area contributed by atoms with Crippen molar-refractivity contribution in [1.82, 2.24) is 0 Å². The molecule has 3 N–H and O–H groups in total. The van der Waals surface area contributed by atoms with E-state index < -0.39 is 12.0 Å². The molecule has 0 saturated heterocycles. The average molecular weight is 234 g/mol. The van der Waals surface area contributed by atoms with Crippen LogP contribution in [-0.2, 0) is 11.2 Å². The molecule has 1 aromatic rings. The summed E-state index contributed by atoms with van der Waals surface area (Å²) >= 11 is 11.7. The fourth-order valence-electron chi connectivity index (χ4n) is 1.06. The van der Waals surface area contributed by atoms with Gasteiger partial charge in [0.15, 0.2) is 0 Å². The largest absolute Gasteiger partial charge is 0.544 e. The Hall–Kier alpha value is -0.770. The molecule has 0 aromatic heterocycles. The van der Waals surface area contributed by atoms with E-state index in [0.29, 0.717) is 15.6 Å². The molecule has 3 nitrogen and oxygen atoms in total. The SMILES string of the molecule is [NH3+][C@H](Cc1c(Cl)cccc1Cl)C(=O)[O-]. The van der Waals surface area contributed by atoms with Crippen molar-refractivity contribution >= 4 is 29.2 Å². The lowest BCUT2D eigenvalue weighted by molar-refractivity contribution is -0.436. The number of aliphatic carboxylic acids is 1. The summed E-state index contributed by atoms with van der Waals surface area (Å²) in [6.45, 7) is 0. The minimum atomic E-state index is -1.21. The van der Waals surface area contributed by atoms with Gasteiger partial charge in [-0.25, -0.2) is 0 Å². The van der Waals surface area contributed by atoms with E-state index in [-0.39, 0.29) is 6.42 Å². The highest BCUT2D eigenvalue weighted by molar-refractivity contribution is 6.36. The molecule has 0 aliphatic rings. The molecular weight excluding hydrogens is 225 g/mol. The van der Waals surface area contributed by atoms with Gasteiger partial charge in [-0.05, 0) is 17.7 Å². The fourth-order valence-corrected chi connectivity index (χ4v) is 1.61. The number of carboxylic acid groups (broad SMARTS) is 1. The molecule has 1 aromatic carbocycles. The molecule has 0 heterocycles. The molecule has 0 unspecified atom stereocenters. The van der Waals surface area contributed by atoms with Crippen LogP contribution in [0, 0.1) is 0 Å². The molecule has 0 radical (unpaired) electrons. The van der Waals surface area contributed by atoms with Gasteiger partial charge in [0.2, 0.25) is 0 Å². The molecule has 0 bridgehead atoms. The van der Waals surface area contributed by atoms with Crippen LogP contribution in [0.2, 0.25) is 10.0 Å². The van der Waals surface area contributed by atoms with Crippen molar-refractivity contribution < 1.29 is 15.6 Å². The minimum Gasteiger partial charge on any atom is -0.544 e. The number of hydrogen-bond donors (Lipinski definition) is 1. The van der Waals surface area contributed by atoms with Crippen LogP contribution < -0.4 is 10.8 Å². The van der Waals surface area contributed by atoms with Gasteiger partial charge in [0.05, 0.1) is 5.97 Å². The standard InChI is InChI=1S/C9H9Cl2NO2/c10-6-2-1-3-7(11)5(6)4-8(12)9(13)14/h1-3,8H,4,12H2,(H,13,14)/t8-/m1/s1. The molecule has 0 saturated carbocycles. The van der Waals surface area contributed by atoms with E-state index in [9.17, 15) is 9.90 Å². The zero-order chi connectivity index (χ0) is 10.7. The Morgan fingerprint density at radius 1 is 1.43 bits per heavy atom. The highest BCUT2D eigenvalue weighted by Crippen LogP contribution is 2.24. The lowest BCUT2D eigenvalue weighted by Crippen LogP contribution is -2.69. The van der Waals surface area contributed by atoms with Gasteiger partial charge < -0.3 is 15.6 Å². The van der Waals surface area contributed by atoms with Crippen LogP contribution >= 0.6 is 23.2 Å². The molecule has 0 aliphatic carbocycles. The topological polar surface area (TPSA) is 67.8 Å². The van der Waals surface area contributed by atoms with Gasteiger partial charge in [0.25, 0.3) is 0 Å². The molecule has 0 spiro atoms. The molecule has 0 amide bonds. The molecule has 76 valence electrons. The number of rotatable bonds is 3. The number of halogens is 2. The minimum absolute atomic E-state index is 0.181. The van der Waals surface area contributed by atoms with Crippen LogP contribution in [0.15, 0.2) is 18.2 Å². The summed E-state index contributed by atoms with van der Waals surface area (Å²) in [5.41, 5.74) is 4.03. The maximum Gasteiger partial charge on any atom is 0.129 e. The van der Waals surface area contributed by atoms with E-state index in [2.05, 4.69) is 5.73 Å². The maximum absolute atomic E-state index is 10.5. The lowest BCUT2D eigenvalue weighted by atomic mass is 10.1. The van der Waals surface area contributed by atoms with Crippen molar-refractivity contribution in [2.24, 2.45) is 0 Å². The van der Waals surface area contributed by atoms with Crippen molar-refractivity contribution in [3.8, 4) is 0 Å². The van der Waals surface area contributed by atoms with Crippen molar-refractivity contribution in [1.29, 1.82) is 0 Å². The van der Waals surface area contributed by atoms with Crippen LogP contribution in [0.5, 0.6) is 0 Å². The average Bonchev–Trinajstić information content (AvgIpc) is 2.11. The Labute approximate surface area is 91.4 Å². The van der Waals surface area contributed by atoms with E-state index in [0.717, 1.165) is 0 Å². The predicted octanol–water partition coefficient (Wildman–Crippen LogP) is -0.104. The number of benzene rings is 1. The Morgan fingerprint density at radius 3 is 2.36 bits per heavy atom. The molecule has 0 aliphatic heterocycles. The summed E-state index contributed by atoms with van der Waals surface area (Å²) in [5, 5.41) is 11.4. The Balaban J connectivity index is 2.91. The zero-order valence-electron chi connectivity index (χ0n) is 7.30. The highest BCUT2D eigenvalue weighted by Gasteiger charge is 2.13. The molecule has 5 heteroatoms. The quantitative estimate of drug-likeness (QED) is 0.793. The van der Waals surface area contributed by atoms with Crippen LogP contribution in [0.25, 0.3) is 0 Å². The highest BCUT2D eigenvalue weighted by atomic mass is 35.5. The molecule has 1 atom stereocenters. The first-order chi connectivity index (χ1) is 6.52. The van der Waals surface area contributed by atoms with Gasteiger partial charge in [-0.1, -0.05) is 29.3 Å². The van der Waals surface area contributed by atoms with Crippen molar-refractivity contribution in [2.45, 2.75) is 12.5 Å². The molecular formula is C9H9Cl2NO2. The summed E-state index contributed by atoms with van der Waals surface area (Å²) in [6, 6.07) is 4.17. The van der Waals surface area contributed by atoms with Crippen molar-refractivity contribution in [3.63, 3.8) is 0 Å². The van der Waals surface area contributed by atoms with E-state index in [4.69, 9.17) is 23.2 Å². The first-order valence-electron chi connectivity index (χ1n) is 3.99. The number of carbonyl (C=O) groups excluding carboxylic acids is 1. The van der Waals surface area contributed by atoms with Crippen LogP contribution in [-0.4, -0.2) is 12.0 Å². The molecule has 1 rings (SSSR count). The smallest absolute Gasteiger partial charge is 0.129 e. The predicted molar refractivity (Wildman–Crippen MR) is 51.8 cm³/mol. The van der Waals surface area contributed by atoms with Crippen LogP contribution in [0.3, 0.4) is 0 Å². The second-order valence-corrected chi connectivity index (χ2v) is 3.73. The lowest BCUT2D eigenvalue weighted by Gasteiger charge is -2.11. The zero-order valence-corrected chi connectivity index (χ0v) is 8.81. The van der Waals surface area contributed by atoms with Gasteiger partial charge in [0.1, 0.15) is 6.04 Å². The third kappa shape index (κ3) is 2.61. The second-order valence-electron chi connectivity index (χ2n) is 2.92. The van der Waals surface area contributed by atoms with Crippen molar-refractivity contribution in [3.05, 3.63) is 33.8 Å². The molecule has 14 heavy (non-hydrogen) atoms. The Kier molecular flexibility index (Phi) is 3.75. The maximum atomic E-state index is 10.5. The number of quaternary nitrogens is 1. The van der Waals surface area contributed by atoms with Crippen LogP contribution in [0.4, 0.5) is 0 Å². The first kappa shape index (κ1) is 11.3. The summed E-state index contributed by atoms with van der Waals surface area (Å²) in [6.07, 6.45) is 0.181. The van der Waals surface area contributed by atoms with E-state index in [1.54, 1.807) is 18.2 Å². The summed E-state index contributed by atoms with van der Waals surface area (Å²) in [4.78, 5) is 10.5. The number of carbonyl (C=O) groups is 1. The monoisotopic (exact) mass is 233 g/mol. The summed E-state index contributed by atoms with van der Waals surface area (Å²) < 4.78 is 0. The first-order valence-corrected chi connectivity index (χ1v) is 4.74. The van der Waals surface area contributed by atoms with Gasteiger partial charge in [0, 0.05) is 16.5 Å². The number of carboxylic acids is 1. The number of hydrogen-bond acceptors (Lipinski definition) is 2. The van der Waals surface area contributed by atoms with E-state index in [1.165, 1.54) is 0 Å². The van der Waals surface area contributed by atoms with Crippen molar-refractivity contribution in [2.75, 3.05) is 0 Å². The van der Waals surface area contributed by atoms with Crippen LogP contribution in [0.1, 0.15) is 5.56 Å². The van der Waals surface area contributed by atoms with Gasteiger partial charge in [-0.15, -0.1) is 0 Å².